The molecule has 1 atom stereocenters. The van der Waals surface area contributed by atoms with Crippen molar-refractivity contribution in [2.45, 2.75) is 18.9 Å². The van der Waals surface area contributed by atoms with Crippen LogP contribution in [-0.2, 0) is 13.5 Å². The summed E-state index contributed by atoms with van der Waals surface area (Å²) < 4.78 is 29.0. The number of rotatable bonds is 5. The maximum absolute atomic E-state index is 13.8. The predicted octanol–water partition coefficient (Wildman–Crippen LogP) is 2.49. The lowest BCUT2D eigenvalue weighted by Gasteiger charge is -2.17. The average Bonchev–Trinajstić information content (AvgIpc) is 2.81. The molecule has 0 aliphatic carbocycles. The summed E-state index contributed by atoms with van der Waals surface area (Å²) in [5, 5.41) is 3.81. The smallest absolute Gasteiger partial charge is 0.142 e. The number of aryl methyl sites for hydroxylation is 2. The molecule has 1 aromatic carbocycles. The fourth-order valence-electron chi connectivity index (χ4n) is 2.07. The maximum atomic E-state index is 13.8. The highest BCUT2D eigenvalue weighted by molar-refractivity contribution is 6.30. The van der Waals surface area contributed by atoms with Gasteiger partial charge in [-0.3, -0.25) is 16.0 Å². The van der Waals surface area contributed by atoms with Crippen LogP contribution in [0.15, 0.2) is 24.4 Å². The molecular formula is C13H15ClF2N4. The molecule has 20 heavy (non-hydrogen) atoms. The molecule has 0 aliphatic rings. The zero-order valence-electron chi connectivity index (χ0n) is 10.9. The second kappa shape index (κ2) is 6.30. The third-order valence-electron chi connectivity index (χ3n) is 3.23. The molecule has 1 aromatic heterocycles. The van der Waals surface area contributed by atoms with E-state index in [1.54, 1.807) is 10.9 Å². The number of hydrazine groups is 1. The van der Waals surface area contributed by atoms with Crippen molar-refractivity contribution in [3.8, 4) is 0 Å². The molecule has 0 fully saturated rings. The van der Waals surface area contributed by atoms with Gasteiger partial charge < -0.3 is 0 Å². The number of nitrogens with zero attached hydrogens (tertiary/aromatic N) is 2. The van der Waals surface area contributed by atoms with Crippen LogP contribution in [0.5, 0.6) is 0 Å². The first-order valence-corrected chi connectivity index (χ1v) is 6.48. The maximum Gasteiger partial charge on any atom is 0.142 e. The Labute approximate surface area is 120 Å². The van der Waals surface area contributed by atoms with Crippen molar-refractivity contribution < 1.29 is 8.78 Å². The molecule has 108 valence electrons. The molecule has 0 spiro atoms. The topological polar surface area (TPSA) is 55.9 Å². The van der Waals surface area contributed by atoms with E-state index in [-0.39, 0.29) is 10.6 Å². The first kappa shape index (κ1) is 14.9. The Kier molecular flexibility index (Phi) is 4.69. The fourth-order valence-corrected chi connectivity index (χ4v) is 2.22. The molecule has 0 aliphatic heterocycles. The minimum Gasteiger partial charge on any atom is -0.273 e. The van der Waals surface area contributed by atoms with Crippen LogP contribution in [0.3, 0.4) is 0 Å². The SMILES string of the molecule is Cn1nccc1CCC(NN)c1cc(F)c(Cl)cc1F. The second-order valence-electron chi connectivity index (χ2n) is 4.49. The Morgan fingerprint density at radius 1 is 1.40 bits per heavy atom. The molecule has 0 bridgehead atoms. The van der Waals surface area contributed by atoms with E-state index < -0.39 is 17.7 Å². The number of nitrogens with two attached hydrogens (primary N) is 1. The van der Waals surface area contributed by atoms with E-state index in [0.717, 1.165) is 17.8 Å². The number of hydrogen-bond acceptors (Lipinski definition) is 3. The van der Waals surface area contributed by atoms with Crippen LogP contribution in [0.1, 0.15) is 23.7 Å². The van der Waals surface area contributed by atoms with Crippen molar-refractivity contribution in [2.24, 2.45) is 12.9 Å². The van der Waals surface area contributed by atoms with Gasteiger partial charge in [-0.15, -0.1) is 0 Å². The normalized spacial score (nSPS) is 12.7. The van der Waals surface area contributed by atoms with Gasteiger partial charge in [-0.1, -0.05) is 11.6 Å². The summed E-state index contributed by atoms with van der Waals surface area (Å²) >= 11 is 5.53. The molecule has 0 saturated carbocycles. The lowest BCUT2D eigenvalue weighted by atomic mass is 10.0. The predicted molar refractivity (Wildman–Crippen MR) is 73.0 cm³/mol. The highest BCUT2D eigenvalue weighted by atomic mass is 35.5. The fraction of sp³-hybridized carbons (Fsp3) is 0.308. The molecule has 0 radical (unpaired) electrons. The van der Waals surface area contributed by atoms with Gasteiger partial charge in [0.1, 0.15) is 11.6 Å². The van der Waals surface area contributed by atoms with E-state index in [1.165, 1.54) is 0 Å². The van der Waals surface area contributed by atoms with Crippen molar-refractivity contribution in [1.29, 1.82) is 0 Å². The number of nitrogens with one attached hydrogen (secondary N) is 1. The Morgan fingerprint density at radius 3 is 2.75 bits per heavy atom. The molecule has 2 aromatic rings. The Hall–Kier alpha value is -1.50. The zero-order chi connectivity index (χ0) is 14.7. The van der Waals surface area contributed by atoms with Gasteiger partial charge in [0.15, 0.2) is 0 Å². The Bertz CT molecular complexity index is 600. The standard InChI is InChI=1S/C13H15ClF2N4/c1-20-8(4-5-18-20)2-3-13(19-17)9-6-12(16)10(14)7-11(9)15/h4-7,13,19H,2-3,17H2,1H3. The molecule has 0 amide bonds. The van der Waals surface area contributed by atoms with Crippen molar-refractivity contribution in [3.63, 3.8) is 0 Å². The molecule has 2 rings (SSSR count). The van der Waals surface area contributed by atoms with E-state index in [4.69, 9.17) is 17.4 Å². The van der Waals surface area contributed by atoms with E-state index >= 15 is 0 Å². The van der Waals surface area contributed by atoms with Gasteiger partial charge in [0.25, 0.3) is 0 Å². The number of hydrogen-bond donors (Lipinski definition) is 2. The van der Waals surface area contributed by atoms with Crippen LogP contribution in [0.2, 0.25) is 5.02 Å². The Morgan fingerprint density at radius 2 is 2.15 bits per heavy atom. The van der Waals surface area contributed by atoms with E-state index in [1.807, 2.05) is 13.1 Å². The zero-order valence-corrected chi connectivity index (χ0v) is 11.7. The molecule has 7 heteroatoms. The highest BCUT2D eigenvalue weighted by Gasteiger charge is 2.17. The van der Waals surface area contributed by atoms with Crippen LogP contribution >= 0.6 is 11.6 Å². The van der Waals surface area contributed by atoms with E-state index in [0.29, 0.717) is 12.8 Å². The third-order valence-corrected chi connectivity index (χ3v) is 3.52. The van der Waals surface area contributed by atoms with Crippen molar-refractivity contribution >= 4 is 11.6 Å². The third kappa shape index (κ3) is 3.15. The van der Waals surface area contributed by atoms with Gasteiger partial charge >= 0.3 is 0 Å². The molecule has 1 heterocycles. The average molecular weight is 301 g/mol. The van der Waals surface area contributed by atoms with Gasteiger partial charge in [-0.2, -0.15) is 5.10 Å². The van der Waals surface area contributed by atoms with Crippen LogP contribution in [-0.4, -0.2) is 9.78 Å². The second-order valence-corrected chi connectivity index (χ2v) is 4.90. The molecular weight excluding hydrogens is 286 g/mol. The summed E-state index contributed by atoms with van der Waals surface area (Å²) in [6, 6.07) is 3.40. The van der Waals surface area contributed by atoms with Crippen LogP contribution < -0.4 is 11.3 Å². The number of benzene rings is 1. The van der Waals surface area contributed by atoms with Gasteiger partial charge in [0, 0.05) is 30.5 Å². The largest absolute Gasteiger partial charge is 0.273 e. The van der Waals surface area contributed by atoms with Gasteiger partial charge in [-0.05, 0) is 31.0 Å². The summed E-state index contributed by atoms with van der Waals surface area (Å²) in [5.41, 5.74) is 3.66. The number of halogens is 3. The van der Waals surface area contributed by atoms with Crippen molar-refractivity contribution in [2.75, 3.05) is 0 Å². The summed E-state index contributed by atoms with van der Waals surface area (Å²) in [7, 11) is 1.82. The first-order valence-electron chi connectivity index (χ1n) is 6.10. The molecule has 3 N–H and O–H groups in total. The van der Waals surface area contributed by atoms with Crippen LogP contribution in [0.4, 0.5) is 8.78 Å². The molecule has 4 nitrogen and oxygen atoms in total. The van der Waals surface area contributed by atoms with Crippen LogP contribution in [0, 0.1) is 11.6 Å². The first-order chi connectivity index (χ1) is 9.52. The quantitative estimate of drug-likeness (QED) is 0.507. The summed E-state index contributed by atoms with van der Waals surface area (Å²) in [5.74, 6) is 4.20. The lowest BCUT2D eigenvalue weighted by molar-refractivity contribution is 0.474. The van der Waals surface area contributed by atoms with Gasteiger partial charge in [0.2, 0.25) is 0 Å². The van der Waals surface area contributed by atoms with Crippen molar-refractivity contribution in [3.05, 3.63) is 52.3 Å². The lowest BCUT2D eigenvalue weighted by Crippen LogP contribution is -2.29. The summed E-state index contributed by atoms with van der Waals surface area (Å²) in [4.78, 5) is 0. The van der Waals surface area contributed by atoms with Gasteiger partial charge in [-0.25, -0.2) is 8.78 Å². The summed E-state index contributed by atoms with van der Waals surface area (Å²) in [6.07, 6.45) is 2.83. The Balaban J connectivity index is 2.16. The monoisotopic (exact) mass is 300 g/mol. The highest BCUT2D eigenvalue weighted by Crippen LogP contribution is 2.26. The molecule has 0 saturated heterocycles. The van der Waals surface area contributed by atoms with E-state index in [2.05, 4.69) is 10.5 Å². The minimum atomic E-state index is -0.663. The minimum absolute atomic E-state index is 0.163. The number of aromatic nitrogens is 2. The van der Waals surface area contributed by atoms with Crippen molar-refractivity contribution in [1.82, 2.24) is 15.2 Å². The summed E-state index contributed by atoms with van der Waals surface area (Å²) in [6.45, 7) is 0. The van der Waals surface area contributed by atoms with Gasteiger partial charge in [0.05, 0.1) is 5.02 Å². The van der Waals surface area contributed by atoms with E-state index in [9.17, 15) is 8.78 Å². The van der Waals surface area contributed by atoms with Crippen LogP contribution in [0.25, 0.3) is 0 Å². The molecule has 1 unspecified atom stereocenters.